The van der Waals surface area contributed by atoms with Crippen LogP contribution in [0.1, 0.15) is 29.6 Å². The first-order chi connectivity index (χ1) is 17.8. The number of hydrogen-bond donors (Lipinski definition) is 4. The average molecular weight is 582 g/mol. The van der Waals surface area contributed by atoms with Crippen molar-refractivity contribution in [2.75, 3.05) is 24.3 Å². The molecule has 2 aromatic rings. The second-order valence-corrected chi connectivity index (χ2v) is 12.2. The standard InChI is InChI=1S/C21H23N7O5S4/c1-3-34-17(23-2)9-6-24-5-4-11(9)37-12-8-35-19-14(18(30)28(19)15(12)20(31)32)26-16(29)13(27-33)10-7-36-21(22)25-10/h4-7,13-14,17,19,23H,3,8H2,1-2H3,(H2,22,25)(H,26,29)(H,31,32)/t13?,14-,17?,19+/m1/s1. The number of carbonyl (C=O) groups is 3. The number of nitroso groups, excluding NO2 is 1. The van der Waals surface area contributed by atoms with Gasteiger partial charge < -0.3 is 21.5 Å². The third-order valence-corrected chi connectivity index (χ3v) is 10.0. The molecule has 0 aromatic carbocycles. The molecule has 4 heterocycles. The summed E-state index contributed by atoms with van der Waals surface area (Å²) in [6, 6.07) is -0.636. The highest BCUT2D eigenvalue weighted by atomic mass is 32.2. The summed E-state index contributed by atoms with van der Waals surface area (Å²) in [6.45, 7) is 2.05. The molecule has 4 rings (SSSR count). The number of thiazole rings is 1. The van der Waals surface area contributed by atoms with Crippen molar-refractivity contribution in [3.05, 3.63) is 50.6 Å². The van der Waals surface area contributed by atoms with Crippen LogP contribution in [0.15, 0.2) is 44.5 Å². The van der Waals surface area contributed by atoms with Crippen molar-refractivity contribution in [2.45, 2.75) is 34.7 Å². The number of carboxylic acid groups (broad SMARTS) is 1. The molecular weight excluding hydrogens is 559 g/mol. The fourth-order valence-corrected chi connectivity index (χ4v) is 8.00. The molecule has 2 aliphatic rings. The minimum atomic E-state index is -1.46. The van der Waals surface area contributed by atoms with E-state index in [1.54, 1.807) is 24.2 Å². The van der Waals surface area contributed by atoms with Gasteiger partial charge in [-0.1, -0.05) is 18.7 Å². The molecule has 2 amide bonds. The Morgan fingerprint density at radius 3 is 2.84 bits per heavy atom. The maximum atomic E-state index is 13.0. The molecule has 16 heteroatoms. The van der Waals surface area contributed by atoms with Gasteiger partial charge in [0.25, 0.3) is 11.8 Å². The number of nitrogens with one attached hydrogen (secondary N) is 2. The van der Waals surface area contributed by atoms with Gasteiger partial charge in [-0.05, 0) is 24.0 Å². The molecule has 1 fully saturated rings. The fourth-order valence-electron chi connectivity index (χ4n) is 3.88. The quantitative estimate of drug-likeness (QED) is 0.173. The van der Waals surface area contributed by atoms with Crippen molar-refractivity contribution in [1.29, 1.82) is 0 Å². The van der Waals surface area contributed by atoms with Gasteiger partial charge >= 0.3 is 5.97 Å². The SMILES string of the molecule is CCSC(NC)c1cnccc1SC1=C(C(=O)O)N2C(=O)[C@@H](NC(=O)C(N=O)c3csc(N)n3)[C@@H]2SC1. The number of nitrogen functional groups attached to an aromatic ring is 1. The van der Waals surface area contributed by atoms with Crippen LogP contribution in [0.4, 0.5) is 5.13 Å². The summed E-state index contributed by atoms with van der Waals surface area (Å²) >= 11 is 5.37. The second-order valence-electron chi connectivity index (χ2n) is 7.73. The molecule has 2 aliphatic heterocycles. The highest BCUT2D eigenvalue weighted by Crippen LogP contribution is 2.46. The summed E-state index contributed by atoms with van der Waals surface area (Å²) in [6.07, 6.45) is 3.39. The number of nitrogens with two attached hydrogens (primary N) is 1. The van der Waals surface area contributed by atoms with Crippen LogP contribution in [0.2, 0.25) is 0 Å². The number of hydrogen-bond acceptors (Lipinski definition) is 13. The molecule has 0 aliphatic carbocycles. The molecule has 1 saturated heterocycles. The molecule has 196 valence electrons. The Balaban J connectivity index is 1.55. The van der Waals surface area contributed by atoms with Gasteiger partial charge in [0.05, 0.1) is 11.1 Å². The van der Waals surface area contributed by atoms with E-state index in [4.69, 9.17) is 5.73 Å². The van der Waals surface area contributed by atoms with E-state index in [-0.39, 0.29) is 21.9 Å². The number of pyridine rings is 1. The maximum absolute atomic E-state index is 13.0. The molecule has 2 aromatic heterocycles. The molecule has 37 heavy (non-hydrogen) atoms. The number of carboxylic acids is 1. The molecule has 0 spiro atoms. The number of rotatable bonds is 11. The van der Waals surface area contributed by atoms with Crippen molar-refractivity contribution in [3.63, 3.8) is 0 Å². The number of amides is 2. The first kappa shape index (κ1) is 27.4. The van der Waals surface area contributed by atoms with E-state index in [1.807, 2.05) is 20.0 Å². The number of nitrogens with zero attached hydrogens (tertiary/aromatic N) is 4. The second kappa shape index (κ2) is 11.8. The largest absolute Gasteiger partial charge is 0.477 e. The summed E-state index contributed by atoms with van der Waals surface area (Å²) in [5.41, 5.74) is 6.47. The Morgan fingerprint density at radius 1 is 1.43 bits per heavy atom. The van der Waals surface area contributed by atoms with Crippen molar-refractivity contribution in [1.82, 2.24) is 25.5 Å². The molecule has 4 atom stereocenters. The van der Waals surface area contributed by atoms with Crippen LogP contribution < -0.4 is 16.4 Å². The van der Waals surface area contributed by atoms with Gasteiger partial charge in [-0.15, -0.1) is 39.8 Å². The van der Waals surface area contributed by atoms with Crippen LogP contribution in [-0.2, 0) is 14.4 Å². The Morgan fingerprint density at radius 2 is 2.22 bits per heavy atom. The minimum Gasteiger partial charge on any atom is -0.477 e. The summed E-state index contributed by atoms with van der Waals surface area (Å²) in [7, 11) is 1.85. The Kier molecular flexibility index (Phi) is 8.74. The molecule has 0 radical (unpaired) electrons. The normalized spacial score (nSPS) is 20.6. The number of thioether (sulfide) groups is 3. The van der Waals surface area contributed by atoms with Crippen LogP contribution in [0.3, 0.4) is 0 Å². The van der Waals surface area contributed by atoms with E-state index >= 15 is 0 Å². The van der Waals surface area contributed by atoms with Gasteiger partial charge in [0.2, 0.25) is 6.04 Å². The summed E-state index contributed by atoms with van der Waals surface area (Å²) in [4.78, 5) is 60.0. The Bertz CT molecular complexity index is 1260. The lowest BCUT2D eigenvalue weighted by atomic mass is 10.0. The van der Waals surface area contributed by atoms with Gasteiger partial charge in [0.15, 0.2) is 5.13 Å². The van der Waals surface area contributed by atoms with Gasteiger partial charge in [-0.2, -0.15) is 0 Å². The predicted molar refractivity (Wildman–Crippen MR) is 145 cm³/mol. The van der Waals surface area contributed by atoms with Gasteiger partial charge in [-0.25, -0.2) is 9.78 Å². The van der Waals surface area contributed by atoms with Crippen LogP contribution >= 0.6 is 46.6 Å². The van der Waals surface area contributed by atoms with Crippen molar-refractivity contribution < 1.29 is 19.5 Å². The summed E-state index contributed by atoms with van der Waals surface area (Å²) in [5.74, 6) is -1.42. The lowest BCUT2D eigenvalue weighted by Crippen LogP contribution is -2.70. The molecule has 2 unspecified atom stereocenters. The average Bonchev–Trinajstić information content (AvgIpc) is 3.31. The summed E-state index contributed by atoms with van der Waals surface area (Å²) in [5, 5.41) is 19.6. The zero-order valence-electron chi connectivity index (χ0n) is 19.6. The lowest BCUT2D eigenvalue weighted by molar-refractivity contribution is -0.150. The van der Waals surface area contributed by atoms with E-state index in [1.165, 1.54) is 33.8 Å². The maximum Gasteiger partial charge on any atom is 0.353 e. The molecule has 0 saturated carbocycles. The van der Waals surface area contributed by atoms with Crippen LogP contribution in [0.5, 0.6) is 0 Å². The number of fused-ring (bicyclic) bond motifs is 1. The molecule has 5 N–H and O–H groups in total. The van der Waals surface area contributed by atoms with Crippen LogP contribution in [-0.4, -0.2) is 67.7 Å². The topological polar surface area (TPSA) is 180 Å². The van der Waals surface area contributed by atoms with Gasteiger partial charge in [0.1, 0.15) is 17.1 Å². The van der Waals surface area contributed by atoms with E-state index in [0.29, 0.717) is 10.7 Å². The van der Waals surface area contributed by atoms with Crippen LogP contribution in [0.25, 0.3) is 0 Å². The summed E-state index contributed by atoms with van der Waals surface area (Å²) < 4.78 is 0. The minimum absolute atomic E-state index is 0.0308. The third kappa shape index (κ3) is 5.47. The zero-order chi connectivity index (χ0) is 26.7. The number of β-lactam (4-membered cyclic amide) rings is 1. The van der Waals surface area contributed by atoms with Crippen molar-refractivity contribution >= 4 is 69.5 Å². The molecule has 0 bridgehead atoms. The lowest BCUT2D eigenvalue weighted by Gasteiger charge is -2.49. The third-order valence-electron chi connectivity index (χ3n) is 5.53. The first-order valence-electron chi connectivity index (χ1n) is 11.0. The smallest absolute Gasteiger partial charge is 0.353 e. The fraction of sp³-hybridized carbons (Fsp3) is 0.381. The zero-order valence-corrected chi connectivity index (χ0v) is 22.9. The molecular formula is C21H23N7O5S4. The number of aliphatic carboxylic acids is 1. The number of anilines is 1. The van der Waals surface area contributed by atoms with Gasteiger partial charge in [0, 0.05) is 38.9 Å². The monoisotopic (exact) mass is 581 g/mol. The predicted octanol–water partition coefficient (Wildman–Crippen LogP) is 2.39. The first-order valence-corrected chi connectivity index (χ1v) is 14.8. The van der Waals surface area contributed by atoms with Crippen molar-refractivity contribution in [2.24, 2.45) is 5.18 Å². The van der Waals surface area contributed by atoms with Crippen LogP contribution in [0, 0.1) is 4.91 Å². The van der Waals surface area contributed by atoms with E-state index in [0.717, 1.165) is 27.5 Å². The number of aromatic nitrogens is 2. The van der Waals surface area contributed by atoms with E-state index in [2.05, 4.69) is 25.8 Å². The van der Waals surface area contributed by atoms with Gasteiger partial charge in [-0.3, -0.25) is 19.5 Å². The molecule has 12 nitrogen and oxygen atoms in total. The highest BCUT2D eigenvalue weighted by molar-refractivity contribution is 8.06. The van der Waals surface area contributed by atoms with Crippen molar-refractivity contribution in [3.8, 4) is 0 Å². The van der Waals surface area contributed by atoms with E-state index in [9.17, 15) is 24.4 Å². The Labute approximate surface area is 228 Å². The number of carbonyl (C=O) groups excluding carboxylic acids is 2. The highest BCUT2D eigenvalue weighted by Gasteiger charge is 2.55. The Hall–Kier alpha value is -2.66. The van der Waals surface area contributed by atoms with E-state index < -0.39 is 35.2 Å².